The van der Waals surface area contributed by atoms with E-state index in [1.165, 1.54) is 4.52 Å². The lowest BCUT2D eigenvalue weighted by molar-refractivity contribution is 0.0148. The minimum Gasteiger partial charge on any atom is -0.444 e. The monoisotopic (exact) mass is 401 g/mol. The maximum absolute atomic E-state index is 13.0. The van der Waals surface area contributed by atoms with Gasteiger partial charge in [-0.1, -0.05) is 6.92 Å². The Balaban J connectivity index is 1.49. The summed E-state index contributed by atoms with van der Waals surface area (Å²) in [4.78, 5) is 44.6. The van der Waals surface area contributed by atoms with Crippen molar-refractivity contribution in [3.63, 3.8) is 0 Å². The van der Waals surface area contributed by atoms with Crippen LogP contribution < -0.4 is 5.56 Å². The van der Waals surface area contributed by atoms with Crippen molar-refractivity contribution in [3.8, 4) is 0 Å². The van der Waals surface area contributed by atoms with Crippen molar-refractivity contribution in [3.05, 3.63) is 33.4 Å². The second-order valence-electron chi connectivity index (χ2n) is 8.70. The predicted molar refractivity (Wildman–Crippen MR) is 106 cm³/mol. The van der Waals surface area contributed by atoms with Crippen LogP contribution in [-0.4, -0.2) is 61.1 Å². The van der Waals surface area contributed by atoms with Crippen LogP contribution >= 0.6 is 0 Å². The Labute approximate surface area is 168 Å². The third-order valence-corrected chi connectivity index (χ3v) is 5.49. The Hall–Kier alpha value is -2.84. The van der Waals surface area contributed by atoms with E-state index < -0.39 is 5.60 Å². The highest BCUT2D eigenvalue weighted by Gasteiger charge is 2.38. The fourth-order valence-corrected chi connectivity index (χ4v) is 3.98. The number of carbonyl (C=O) groups is 2. The molecule has 0 saturated carbocycles. The van der Waals surface area contributed by atoms with E-state index in [0.717, 1.165) is 12.1 Å². The maximum atomic E-state index is 13.0. The summed E-state index contributed by atoms with van der Waals surface area (Å²) in [6, 6.07) is 1.79. The number of carbonyl (C=O) groups excluding carboxylic acids is 2. The first-order valence-corrected chi connectivity index (χ1v) is 10.1. The zero-order chi connectivity index (χ0) is 20.9. The molecule has 0 aliphatic carbocycles. The average molecular weight is 401 g/mol. The molecule has 156 valence electrons. The lowest BCUT2D eigenvalue weighted by Gasteiger charge is -2.37. The van der Waals surface area contributed by atoms with Crippen molar-refractivity contribution in [1.82, 2.24) is 24.4 Å². The molecule has 4 heterocycles. The Morgan fingerprint density at radius 1 is 1.28 bits per heavy atom. The van der Waals surface area contributed by atoms with E-state index in [4.69, 9.17) is 4.74 Å². The van der Waals surface area contributed by atoms with Crippen LogP contribution in [0.25, 0.3) is 5.65 Å². The Morgan fingerprint density at radius 3 is 2.59 bits per heavy atom. The second-order valence-corrected chi connectivity index (χ2v) is 8.70. The molecule has 2 aliphatic rings. The molecule has 2 aromatic rings. The Kier molecular flexibility index (Phi) is 4.63. The summed E-state index contributed by atoms with van der Waals surface area (Å²) < 4.78 is 6.78. The molecule has 2 aromatic heterocycles. The number of ether oxygens (including phenoxy) is 1. The molecule has 0 unspecified atom stereocenters. The van der Waals surface area contributed by atoms with E-state index >= 15 is 0 Å². The fraction of sp³-hybridized carbons (Fsp3) is 0.600. The number of aromatic amines is 1. The number of nitrogens with zero attached hydrogens (tertiary/aromatic N) is 4. The molecular formula is C20H27N5O4. The molecule has 1 fully saturated rings. The summed E-state index contributed by atoms with van der Waals surface area (Å²) in [5.41, 5.74) is 1.40. The summed E-state index contributed by atoms with van der Waals surface area (Å²) in [6.45, 7) is 8.82. The molecule has 4 rings (SSSR count). The number of amides is 2. The van der Waals surface area contributed by atoms with Crippen molar-refractivity contribution < 1.29 is 14.3 Å². The summed E-state index contributed by atoms with van der Waals surface area (Å²) in [5, 5.41) is 4.31. The molecule has 9 heteroatoms. The number of hydrogen-bond donors (Lipinski definition) is 1. The van der Waals surface area contributed by atoms with Gasteiger partial charge in [0.2, 0.25) is 0 Å². The third-order valence-electron chi connectivity index (χ3n) is 5.49. The van der Waals surface area contributed by atoms with Gasteiger partial charge in [0.1, 0.15) is 16.9 Å². The Bertz CT molecular complexity index is 1020. The van der Waals surface area contributed by atoms with Crippen LogP contribution in [0.1, 0.15) is 62.3 Å². The molecule has 0 atom stereocenters. The van der Waals surface area contributed by atoms with Gasteiger partial charge in [-0.15, -0.1) is 0 Å². The van der Waals surface area contributed by atoms with Gasteiger partial charge in [0.05, 0.1) is 17.8 Å². The summed E-state index contributed by atoms with van der Waals surface area (Å²) >= 11 is 0. The van der Waals surface area contributed by atoms with Gasteiger partial charge < -0.3 is 19.5 Å². The van der Waals surface area contributed by atoms with Crippen molar-refractivity contribution in [2.24, 2.45) is 0 Å². The quantitative estimate of drug-likeness (QED) is 0.829. The number of hydrogen-bond acceptors (Lipinski definition) is 5. The van der Waals surface area contributed by atoms with Gasteiger partial charge in [0.25, 0.3) is 11.5 Å². The third kappa shape index (κ3) is 3.49. The number of fused-ring (bicyclic) bond motifs is 2. The number of aromatic nitrogens is 3. The molecule has 1 saturated heterocycles. The van der Waals surface area contributed by atoms with E-state index in [2.05, 4.69) is 10.1 Å². The highest BCUT2D eigenvalue weighted by molar-refractivity contribution is 5.97. The van der Waals surface area contributed by atoms with Crippen LogP contribution in [0.4, 0.5) is 4.79 Å². The normalized spacial score (nSPS) is 17.9. The van der Waals surface area contributed by atoms with Crippen LogP contribution in [0.15, 0.2) is 10.9 Å². The smallest absolute Gasteiger partial charge is 0.410 e. The number of H-pyrrole nitrogens is 1. The van der Waals surface area contributed by atoms with Gasteiger partial charge in [-0.2, -0.15) is 9.61 Å². The first-order valence-electron chi connectivity index (χ1n) is 10.1. The molecule has 2 amide bonds. The van der Waals surface area contributed by atoms with Gasteiger partial charge in [0.15, 0.2) is 0 Å². The Morgan fingerprint density at radius 2 is 1.97 bits per heavy atom. The number of rotatable bonds is 2. The second kappa shape index (κ2) is 6.89. The van der Waals surface area contributed by atoms with Gasteiger partial charge in [-0.25, -0.2) is 4.79 Å². The summed E-state index contributed by atoms with van der Waals surface area (Å²) in [5.74, 6) is -0.158. The molecule has 1 N–H and O–H groups in total. The minimum absolute atomic E-state index is 0.0140. The number of nitrogens with one attached hydrogen (secondary N) is 1. The largest absolute Gasteiger partial charge is 0.444 e. The molecule has 29 heavy (non-hydrogen) atoms. The van der Waals surface area contributed by atoms with E-state index in [9.17, 15) is 14.4 Å². The lowest BCUT2D eigenvalue weighted by atomic mass is 10.0. The summed E-state index contributed by atoms with van der Waals surface area (Å²) in [6.07, 6.45) is 1.71. The van der Waals surface area contributed by atoms with Crippen LogP contribution in [0.5, 0.6) is 0 Å². The molecule has 0 bridgehead atoms. The van der Waals surface area contributed by atoms with Gasteiger partial charge in [-0.3, -0.25) is 9.59 Å². The number of piperidine rings is 1. The average Bonchev–Trinajstić information content (AvgIpc) is 3.23. The SMILES string of the molecule is CCc1cc2[nH]c3c(c(=O)n2n1)CN(C1CCN(C(=O)OC(C)(C)C)CC1)C3=O. The predicted octanol–water partition coefficient (Wildman–Crippen LogP) is 1.94. The highest BCUT2D eigenvalue weighted by atomic mass is 16.6. The molecule has 0 aromatic carbocycles. The highest BCUT2D eigenvalue weighted by Crippen LogP contribution is 2.27. The van der Waals surface area contributed by atoms with Crippen molar-refractivity contribution in [1.29, 1.82) is 0 Å². The van der Waals surface area contributed by atoms with Crippen LogP contribution in [0.3, 0.4) is 0 Å². The molecule has 0 spiro atoms. The zero-order valence-electron chi connectivity index (χ0n) is 17.3. The maximum Gasteiger partial charge on any atom is 0.410 e. The molecule has 2 aliphatic heterocycles. The van der Waals surface area contributed by atoms with E-state index in [1.807, 2.05) is 27.7 Å². The molecular weight excluding hydrogens is 374 g/mol. The van der Waals surface area contributed by atoms with Gasteiger partial charge >= 0.3 is 6.09 Å². The van der Waals surface area contributed by atoms with Crippen molar-refractivity contribution in [2.75, 3.05) is 13.1 Å². The van der Waals surface area contributed by atoms with E-state index in [0.29, 0.717) is 42.8 Å². The number of likely N-dealkylation sites (tertiary alicyclic amines) is 1. The van der Waals surface area contributed by atoms with Crippen LogP contribution in [0, 0.1) is 0 Å². The van der Waals surface area contributed by atoms with Crippen LogP contribution in [-0.2, 0) is 17.7 Å². The zero-order valence-corrected chi connectivity index (χ0v) is 17.3. The van der Waals surface area contributed by atoms with Crippen molar-refractivity contribution in [2.45, 2.75) is 65.1 Å². The minimum atomic E-state index is -0.532. The lowest BCUT2D eigenvalue weighted by Crippen LogP contribution is -2.48. The van der Waals surface area contributed by atoms with Crippen LogP contribution in [0.2, 0.25) is 0 Å². The molecule has 9 nitrogen and oxygen atoms in total. The van der Waals surface area contributed by atoms with E-state index in [-0.39, 0.29) is 30.1 Å². The topological polar surface area (TPSA) is 100 Å². The van der Waals surface area contributed by atoms with Crippen molar-refractivity contribution >= 4 is 17.6 Å². The first-order chi connectivity index (χ1) is 13.7. The fourth-order valence-electron chi connectivity index (χ4n) is 3.98. The summed E-state index contributed by atoms with van der Waals surface area (Å²) in [7, 11) is 0. The van der Waals surface area contributed by atoms with Gasteiger partial charge in [-0.05, 0) is 40.0 Å². The first kappa shape index (κ1) is 19.5. The van der Waals surface area contributed by atoms with E-state index in [1.54, 1.807) is 15.9 Å². The standard InChI is InChI=1S/C20H27N5O4/c1-5-12-10-15-21-16-14(17(26)25(15)22-12)11-24(18(16)27)13-6-8-23(9-7-13)19(28)29-20(2,3)4/h10,13,21H,5-9,11H2,1-4H3. The molecule has 0 radical (unpaired) electrons. The number of aryl methyl sites for hydroxylation is 1. The van der Waals surface area contributed by atoms with Gasteiger partial charge in [0, 0.05) is 25.2 Å².